The van der Waals surface area contributed by atoms with Crippen LogP contribution in [0.3, 0.4) is 0 Å². The van der Waals surface area contributed by atoms with Crippen molar-refractivity contribution in [3.63, 3.8) is 0 Å². The lowest BCUT2D eigenvalue weighted by Crippen LogP contribution is -2.56. The number of hydrogen-bond donors (Lipinski definition) is 2. The number of carbonyl (C=O) groups excluding carboxylic acids is 1. The van der Waals surface area contributed by atoms with E-state index in [9.17, 15) is 19.6 Å². The number of nitriles is 1. The van der Waals surface area contributed by atoms with Crippen LogP contribution in [-0.2, 0) is 0 Å². The summed E-state index contributed by atoms with van der Waals surface area (Å²) < 4.78 is 14.4. The highest BCUT2D eigenvalue weighted by Crippen LogP contribution is 2.29. The Kier molecular flexibility index (Phi) is 8.17. The number of aryl methyl sites for hydroxylation is 2. The van der Waals surface area contributed by atoms with E-state index in [2.05, 4.69) is 21.3 Å². The Bertz CT molecular complexity index is 1420. The molecule has 1 atom stereocenters. The number of nitrogens with one attached hydrogen (secondary N) is 1. The lowest BCUT2D eigenvalue weighted by atomic mass is 9.99. The van der Waals surface area contributed by atoms with E-state index < -0.39 is 11.9 Å². The van der Waals surface area contributed by atoms with Crippen LogP contribution < -0.4 is 15.1 Å². The third kappa shape index (κ3) is 5.58. The summed E-state index contributed by atoms with van der Waals surface area (Å²) in [6.45, 7) is 6.54. The second-order valence-electron chi connectivity index (χ2n) is 10.6. The average Bonchev–Trinajstić information content (AvgIpc) is 2.98. The largest absolute Gasteiger partial charge is 0.394 e. The highest BCUT2D eigenvalue weighted by Gasteiger charge is 2.32. The second kappa shape index (κ2) is 11.9. The van der Waals surface area contributed by atoms with E-state index in [1.54, 1.807) is 9.80 Å². The molecule has 208 valence electrons. The number of piperazine rings is 1. The molecule has 9 heteroatoms. The van der Waals surface area contributed by atoms with Gasteiger partial charge in [0.1, 0.15) is 6.07 Å². The molecule has 0 spiro atoms. The van der Waals surface area contributed by atoms with Crippen LogP contribution in [0.4, 0.5) is 21.6 Å². The SMILES string of the molecule is Cc1cc(C)c(C(=O)N2CCN(c3ncccc3F)[C@H](CO)C2)cc1NC1CCN(c2ccccc2C#N)CC1. The number of aliphatic hydroxyl groups is 1. The van der Waals surface area contributed by atoms with Crippen LogP contribution in [0.1, 0.15) is 39.9 Å². The fraction of sp³-hybridized carbons (Fsp3) is 0.387. The minimum atomic E-state index is -0.443. The smallest absolute Gasteiger partial charge is 0.254 e. The van der Waals surface area contributed by atoms with E-state index in [-0.39, 0.29) is 30.9 Å². The first-order valence-corrected chi connectivity index (χ1v) is 13.8. The molecule has 0 bridgehead atoms. The van der Waals surface area contributed by atoms with Crippen molar-refractivity contribution in [3.05, 3.63) is 82.8 Å². The number of nitrogens with zero attached hydrogens (tertiary/aromatic N) is 5. The predicted octanol–water partition coefficient (Wildman–Crippen LogP) is 4.11. The van der Waals surface area contributed by atoms with Crippen molar-refractivity contribution in [2.45, 2.75) is 38.8 Å². The van der Waals surface area contributed by atoms with Gasteiger partial charge in [0.2, 0.25) is 0 Å². The number of anilines is 3. The third-order valence-electron chi connectivity index (χ3n) is 8.01. The maximum Gasteiger partial charge on any atom is 0.254 e. The summed E-state index contributed by atoms with van der Waals surface area (Å²) in [5.41, 5.74) is 5.22. The zero-order chi connectivity index (χ0) is 28.2. The zero-order valence-corrected chi connectivity index (χ0v) is 23.0. The Labute approximate surface area is 234 Å². The zero-order valence-electron chi connectivity index (χ0n) is 23.0. The molecule has 0 unspecified atom stereocenters. The molecular weight excluding hydrogens is 507 g/mol. The molecule has 3 aromatic rings. The number of amides is 1. The van der Waals surface area contributed by atoms with Crippen molar-refractivity contribution in [1.29, 1.82) is 5.26 Å². The van der Waals surface area contributed by atoms with Crippen molar-refractivity contribution < 1.29 is 14.3 Å². The summed E-state index contributed by atoms with van der Waals surface area (Å²) in [4.78, 5) is 23.6. The summed E-state index contributed by atoms with van der Waals surface area (Å²) in [5.74, 6) is -0.331. The molecule has 0 saturated carbocycles. The molecule has 0 aliphatic carbocycles. The Hall–Kier alpha value is -4.16. The molecule has 8 nitrogen and oxygen atoms in total. The van der Waals surface area contributed by atoms with Gasteiger partial charge in [0.05, 0.1) is 23.9 Å². The Morgan fingerprint density at radius 2 is 1.88 bits per heavy atom. The topological polar surface area (TPSA) is 95.7 Å². The standard InChI is InChI=1S/C31H35FN6O2/c1-21-16-22(2)28(35-24-9-12-36(13-10-24)29-8-4-3-6-23(29)18-33)17-26(21)31(40)37-14-15-38(25(19-37)20-39)30-27(32)7-5-11-34-30/h3-8,11,16-17,24-25,35,39H,9-10,12-15,19-20H2,1-2H3/t25-/m0/s1. The number of aliphatic hydroxyl groups excluding tert-OH is 1. The molecule has 2 fully saturated rings. The number of hydrogen-bond acceptors (Lipinski definition) is 7. The van der Waals surface area contributed by atoms with E-state index in [1.165, 1.54) is 18.3 Å². The molecule has 1 aromatic heterocycles. The minimum absolute atomic E-state index is 0.0944. The Morgan fingerprint density at radius 1 is 1.10 bits per heavy atom. The molecule has 3 heterocycles. The molecule has 40 heavy (non-hydrogen) atoms. The highest BCUT2D eigenvalue weighted by atomic mass is 19.1. The van der Waals surface area contributed by atoms with Crippen molar-refractivity contribution >= 4 is 23.1 Å². The first-order valence-electron chi connectivity index (χ1n) is 13.8. The van der Waals surface area contributed by atoms with E-state index in [0.717, 1.165) is 48.4 Å². The van der Waals surface area contributed by atoms with Gasteiger partial charge in [0, 0.05) is 56.2 Å². The van der Waals surface area contributed by atoms with E-state index >= 15 is 0 Å². The monoisotopic (exact) mass is 542 g/mol. The van der Waals surface area contributed by atoms with Gasteiger partial charge in [-0.05, 0) is 68.1 Å². The van der Waals surface area contributed by atoms with Gasteiger partial charge in [-0.2, -0.15) is 5.26 Å². The summed E-state index contributed by atoms with van der Waals surface area (Å²) in [6.07, 6.45) is 3.37. The number of halogens is 1. The molecule has 5 rings (SSSR count). The van der Waals surface area contributed by atoms with E-state index in [4.69, 9.17) is 0 Å². The van der Waals surface area contributed by atoms with Gasteiger partial charge in [-0.3, -0.25) is 4.79 Å². The number of pyridine rings is 1. The van der Waals surface area contributed by atoms with Gasteiger partial charge in [-0.1, -0.05) is 18.2 Å². The van der Waals surface area contributed by atoms with E-state index in [1.807, 2.05) is 50.2 Å². The number of piperidine rings is 1. The van der Waals surface area contributed by atoms with Crippen LogP contribution in [0, 0.1) is 31.0 Å². The fourth-order valence-corrected chi connectivity index (χ4v) is 5.80. The van der Waals surface area contributed by atoms with Crippen LogP contribution in [-0.4, -0.2) is 72.3 Å². The number of aromatic nitrogens is 1. The van der Waals surface area contributed by atoms with Crippen molar-refractivity contribution in [2.75, 3.05) is 54.4 Å². The van der Waals surface area contributed by atoms with Crippen molar-refractivity contribution in [3.8, 4) is 6.07 Å². The van der Waals surface area contributed by atoms with Gasteiger partial charge in [0.25, 0.3) is 5.91 Å². The molecule has 2 aliphatic rings. The molecule has 0 radical (unpaired) electrons. The van der Waals surface area contributed by atoms with Crippen LogP contribution in [0.5, 0.6) is 0 Å². The number of rotatable bonds is 6. The summed E-state index contributed by atoms with van der Waals surface area (Å²) in [6, 6.07) is 16.7. The maximum atomic E-state index is 14.4. The lowest BCUT2D eigenvalue weighted by molar-refractivity contribution is 0.0697. The third-order valence-corrected chi connectivity index (χ3v) is 8.01. The first kappa shape index (κ1) is 27.4. The Morgan fingerprint density at radius 3 is 2.60 bits per heavy atom. The summed E-state index contributed by atoms with van der Waals surface area (Å²) >= 11 is 0. The maximum absolute atomic E-state index is 14.4. The molecule has 2 saturated heterocycles. The minimum Gasteiger partial charge on any atom is -0.394 e. The van der Waals surface area contributed by atoms with Crippen LogP contribution in [0.2, 0.25) is 0 Å². The van der Waals surface area contributed by atoms with Crippen LogP contribution >= 0.6 is 0 Å². The highest BCUT2D eigenvalue weighted by molar-refractivity contribution is 5.97. The second-order valence-corrected chi connectivity index (χ2v) is 10.6. The number of carbonyl (C=O) groups is 1. The van der Waals surface area contributed by atoms with Gasteiger partial charge >= 0.3 is 0 Å². The first-order chi connectivity index (χ1) is 19.4. The molecule has 2 N–H and O–H groups in total. The summed E-state index contributed by atoms with van der Waals surface area (Å²) in [7, 11) is 0. The van der Waals surface area contributed by atoms with Crippen LogP contribution in [0.15, 0.2) is 54.7 Å². The summed E-state index contributed by atoms with van der Waals surface area (Å²) in [5, 5.41) is 23.2. The van der Waals surface area contributed by atoms with Crippen molar-refractivity contribution in [2.24, 2.45) is 0 Å². The molecule has 1 amide bonds. The number of para-hydroxylation sites is 1. The van der Waals surface area contributed by atoms with Crippen LogP contribution in [0.25, 0.3) is 0 Å². The quantitative estimate of drug-likeness (QED) is 0.484. The van der Waals surface area contributed by atoms with E-state index in [0.29, 0.717) is 24.2 Å². The predicted molar refractivity (Wildman–Crippen MR) is 154 cm³/mol. The van der Waals surface area contributed by atoms with Crippen molar-refractivity contribution in [1.82, 2.24) is 9.88 Å². The Balaban J connectivity index is 1.26. The lowest BCUT2D eigenvalue weighted by Gasteiger charge is -2.41. The molecular formula is C31H35FN6O2. The number of benzene rings is 2. The normalized spacial score (nSPS) is 18.0. The van der Waals surface area contributed by atoms with Gasteiger partial charge in [-0.25, -0.2) is 9.37 Å². The fourth-order valence-electron chi connectivity index (χ4n) is 5.80. The molecule has 2 aromatic carbocycles. The van der Waals surface area contributed by atoms with Gasteiger partial charge < -0.3 is 25.1 Å². The molecule has 2 aliphatic heterocycles. The average molecular weight is 543 g/mol. The van der Waals surface area contributed by atoms with Gasteiger partial charge in [0.15, 0.2) is 11.6 Å². The van der Waals surface area contributed by atoms with Gasteiger partial charge in [-0.15, -0.1) is 0 Å².